The van der Waals surface area contributed by atoms with Crippen LogP contribution in [0.4, 0.5) is 0 Å². The largest absolute Gasteiger partial charge is 0.477 e. The molecule has 0 radical (unpaired) electrons. The van der Waals surface area contributed by atoms with Gasteiger partial charge in [-0.1, -0.05) is 17.8 Å². The van der Waals surface area contributed by atoms with Crippen LogP contribution in [0.5, 0.6) is 0 Å². The molecule has 2 unspecified atom stereocenters. The molecule has 3 N–H and O–H groups in total. The number of carbonyl (C=O) groups excluding carboxylic acids is 1. The number of carboxylic acid groups (broad SMARTS) is 1. The van der Waals surface area contributed by atoms with E-state index in [1.165, 1.54) is 25.3 Å². The van der Waals surface area contributed by atoms with Crippen molar-refractivity contribution in [3.05, 3.63) is 29.6 Å². The molecule has 0 saturated heterocycles. The quantitative estimate of drug-likeness (QED) is 0.713. The standard InChI is InChI=1S/C11H13NO5S/c1-6(13)18-5-8(14)10(15)7-3-2-4-12-9(7)11(16)17/h2-4,8,10,14-15H,5H2,1H3,(H,16,17). The lowest BCUT2D eigenvalue weighted by Gasteiger charge is -2.18. The molecular weight excluding hydrogens is 258 g/mol. The van der Waals surface area contributed by atoms with Gasteiger partial charge in [-0.05, 0) is 6.07 Å². The van der Waals surface area contributed by atoms with Gasteiger partial charge in [0, 0.05) is 24.4 Å². The fourth-order valence-corrected chi connectivity index (χ4v) is 1.92. The molecule has 0 bridgehead atoms. The molecule has 98 valence electrons. The second kappa shape index (κ2) is 6.48. The minimum absolute atomic E-state index is 0.00947. The summed E-state index contributed by atoms with van der Waals surface area (Å²) in [5.74, 6) is -1.29. The predicted octanol–water partition coefficient (Wildman–Crippen LogP) is 0.454. The predicted molar refractivity (Wildman–Crippen MR) is 65.3 cm³/mol. The molecule has 0 aromatic carbocycles. The number of aromatic nitrogens is 1. The number of rotatable bonds is 5. The number of carbonyl (C=O) groups is 2. The number of carboxylic acids is 1. The summed E-state index contributed by atoms with van der Waals surface area (Å²) in [6.07, 6.45) is -1.34. The fraction of sp³-hybridized carbons (Fsp3) is 0.364. The molecule has 1 rings (SSSR count). The Kier molecular flexibility index (Phi) is 5.26. The van der Waals surface area contributed by atoms with Crippen molar-refractivity contribution < 1.29 is 24.9 Å². The zero-order valence-corrected chi connectivity index (χ0v) is 10.4. The van der Waals surface area contributed by atoms with Crippen LogP contribution in [-0.4, -0.2) is 43.2 Å². The highest BCUT2D eigenvalue weighted by Gasteiger charge is 2.24. The Morgan fingerprint density at radius 3 is 2.67 bits per heavy atom. The third kappa shape index (κ3) is 3.80. The highest BCUT2D eigenvalue weighted by molar-refractivity contribution is 8.13. The number of pyridine rings is 1. The third-order valence-corrected chi connectivity index (χ3v) is 3.10. The van der Waals surface area contributed by atoms with Gasteiger partial charge >= 0.3 is 5.97 Å². The summed E-state index contributed by atoms with van der Waals surface area (Å²) in [4.78, 5) is 25.3. The average molecular weight is 271 g/mol. The molecule has 7 heteroatoms. The normalized spacial score (nSPS) is 13.9. The van der Waals surface area contributed by atoms with Gasteiger partial charge in [-0.25, -0.2) is 9.78 Å². The molecular formula is C11H13NO5S. The molecule has 6 nitrogen and oxygen atoms in total. The van der Waals surface area contributed by atoms with E-state index in [1.54, 1.807) is 0 Å². The molecule has 0 aliphatic carbocycles. The Bertz CT molecular complexity index is 451. The number of aromatic carboxylic acids is 1. The SMILES string of the molecule is CC(=O)SCC(O)C(O)c1cccnc1C(=O)O. The molecule has 18 heavy (non-hydrogen) atoms. The van der Waals surface area contributed by atoms with Crippen molar-refractivity contribution in [3.63, 3.8) is 0 Å². The van der Waals surface area contributed by atoms with Crippen LogP contribution >= 0.6 is 11.8 Å². The van der Waals surface area contributed by atoms with E-state index in [0.717, 1.165) is 11.8 Å². The van der Waals surface area contributed by atoms with Crippen molar-refractivity contribution in [2.75, 3.05) is 5.75 Å². The fourth-order valence-electron chi connectivity index (χ4n) is 1.34. The Morgan fingerprint density at radius 1 is 1.44 bits per heavy atom. The summed E-state index contributed by atoms with van der Waals surface area (Å²) in [5.41, 5.74) is -0.279. The molecule has 0 aliphatic rings. The lowest BCUT2D eigenvalue weighted by molar-refractivity contribution is -0.109. The molecule has 1 heterocycles. The van der Waals surface area contributed by atoms with Crippen LogP contribution in [-0.2, 0) is 4.79 Å². The minimum Gasteiger partial charge on any atom is -0.477 e. The van der Waals surface area contributed by atoms with Gasteiger partial charge in [0.15, 0.2) is 10.8 Å². The number of aliphatic hydroxyl groups is 2. The van der Waals surface area contributed by atoms with Crippen molar-refractivity contribution in [3.8, 4) is 0 Å². The zero-order valence-electron chi connectivity index (χ0n) is 9.61. The topological polar surface area (TPSA) is 108 Å². The van der Waals surface area contributed by atoms with Gasteiger partial charge in [0.1, 0.15) is 6.10 Å². The summed E-state index contributed by atoms with van der Waals surface area (Å²) in [6, 6.07) is 2.85. The number of hydrogen-bond donors (Lipinski definition) is 3. The molecule has 1 aromatic rings. The first-order valence-corrected chi connectivity index (χ1v) is 6.09. The molecule has 0 spiro atoms. The van der Waals surface area contributed by atoms with Gasteiger partial charge < -0.3 is 15.3 Å². The van der Waals surface area contributed by atoms with Gasteiger partial charge in [-0.15, -0.1) is 0 Å². The first-order chi connectivity index (χ1) is 8.43. The van der Waals surface area contributed by atoms with Crippen LogP contribution in [0.15, 0.2) is 18.3 Å². The van der Waals surface area contributed by atoms with Crippen molar-refractivity contribution in [2.24, 2.45) is 0 Å². The molecule has 2 atom stereocenters. The van der Waals surface area contributed by atoms with E-state index in [-0.39, 0.29) is 22.1 Å². The van der Waals surface area contributed by atoms with Crippen molar-refractivity contribution in [1.29, 1.82) is 0 Å². The third-order valence-electron chi connectivity index (χ3n) is 2.18. The Morgan fingerprint density at radius 2 is 2.11 bits per heavy atom. The van der Waals surface area contributed by atoms with E-state index in [2.05, 4.69) is 4.98 Å². The monoisotopic (exact) mass is 271 g/mol. The van der Waals surface area contributed by atoms with E-state index in [1.807, 2.05) is 0 Å². The molecule has 0 amide bonds. The summed E-state index contributed by atoms with van der Waals surface area (Å²) in [6.45, 7) is 1.34. The minimum atomic E-state index is -1.39. The second-order valence-corrected chi connectivity index (χ2v) is 4.76. The Hall–Kier alpha value is -1.44. The summed E-state index contributed by atoms with van der Waals surface area (Å²) in [5, 5.41) is 28.2. The summed E-state index contributed by atoms with van der Waals surface area (Å²) >= 11 is 0.860. The van der Waals surface area contributed by atoms with Gasteiger partial charge in [0.05, 0.1) is 6.10 Å². The van der Waals surface area contributed by atoms with Crippen molar-refractivity contribution >= 4 is 22.8 Å². The van der Waals surface area contributed by atoms with Crippen molar-refractivity contribution in [2.45, 2.75) is 19.1 Å². The highest BCUT2D eigenvalue weighted by atomic mass is 32.2. The van der Waals surface area contributed by atoms with E-state index in [4.69, 9.17) is 5.11 Å². The Labute approximate surface area is 108 Å². The Balaban J connectivity index is 2.86. The first-order valence-electron chi connectivity index (χ1n) is 5.11. The van der Waals surface area contributed by atoms with Gasteiger partial charge in [0.25, 0.3) is 0 Å². The van der Waals surface area contributed by atoms with Crippen LogP contribution in [0.25, 0.3) is 0 Å². The molecule has 0 aliphatic heterocycles. The maximum absolute atomic E-state index is 10.9. The zero-order chi connectivity index (χ0) is 13.7. The lowest BCUT2D eigenvalue weighted by Crippen LogP contribution is -2.23. The number of nitrogens with zero attached hydrogens (tertiary/aromatic N) is 1. The number of hydrogen-bond acceptors (Lipinski definition) is 6. The van der Waals surface area contributed by atoms with Gasteiger partial charge in [-0.2, -0.15) is 0 Å². The smallest absolute Gasteiger partial charge is 0.354 e. The average Bonchev–Trinajstić information content (AvgIpc) is 2.34. The molecule has 0 fully saturated rings. The summed E-state index contributed by atoms with van der Waals surface area (Å²) in [7, 11) is 0. The molecule has 0 saturated carbocycles. The van der Waals surface area contributed by atoms with E-state index in [0.29, 0.717) is 0 Å². The molecule has 1 aromatic heterocycles. The number of aliphatic hydroxyl groups excluding tert-OH is 2. The van der Waals surface area contributed by atoms with Crippen LogP contribution in [0.1, 0.15) is 29.1 Å². The summed E-state index contributed by atoms with van der Waals surface area (Å²) < 4.78 is 0. The lowest BCUT2D eigenvalue weighted by atomic mass is 10.0. The highest BCUT2D eigenvalue weighted by Crippen LogP contribution is 2.22. The van der Waals surface area contributed by atoms with Crippen LogP contribution in [0.3, 0.4) is 0 Å². The number of thioether (sulfide) groups is 1. The van der Waals surface area contributed by atoms with Crippen LogP contribution < -0.4 is 0 Å². The maximum Gasteiger partial charge on any atom is 0.354 e. The van der Waals surface area contributed by atoms with E-state index in [9.17, 15) is 19.8 Å². The van der Waals surface area contributed by atoms with Gasteiger partial charge in [-0.3, -0.25) is 4.79 Å². The van der Waals surface area contributed by atoms with Gasteiger partial charge in [0.2, 0.25) is 0 Å². The van der Waals surface area contributed by atoms with Crippen LogP contribution in [0, 0.1) is 0 Å². The van der Waals surface area contributed by atoms with Crippen molar-refractivity contribution in [1.82, 2.24) is 4.98 Å². The maximum atomic E-state index is 10.9. The van der Waals surface area contributed by atoms with E-state index < -0.39 is 18.2 Å². The first kappa shape index (κ1) is 14.6. The second-order valence-electron chi connectivity index (χ2n) is 3.56. The van der Waals surface area contributed by atoms with Crippen LogP contribution in [0.2, 0.25) is 0 Å². The van der Waals surface area contributed by atoms with E-state index >= 15 is 0 Å².